The van der Waals surface area contributed by atoms with Crippen LogP contribution >= 0.6 is 24.0 Å². The molecule has 0 atom stereocenters. The third-order valence-electron chi connectivity index (χ3n) is 7.96. The van der Waals surface area contributed by atoms with Gasteiger partial charge in [-0.3, -0.25) is 9.69 Å². The minimum atomic E-state index is 0.0849. The number of hydrogen-bond donors (Lipinski definition) is 1. The summed E-state index contributed by atoms with van der Waals surface area (Å²) in [5, 5.41) is 0. The Morgan fingerprint density at radius 1 is 1.00 bits per heavy atom. The van der Waals surface area contributed by atoms with Gasteiger partial charge in [0, 0.05) is 29.1 Å². The van der Waals surface area contributed by atoms with Crippen LogP contribution in [0.1, 0.15) is 37.8 Å². The summed E-state index contributed by atoms with van der Waals surface area (Å²) in [6.07, 6.45) is 8.45. The molecule has 1 aliphatic heterocycles. The Balaban J connectivity index is 1.25. The maximum absolute atomic E-state index is 13.5. The highest BCUT2D eigenvalue weighted by molar-refractivity contribution is 8.26. The first-order valence-electron chi connectivity index (χ1n) is 11.7. The molecule has 33 heavy (non-hydrogen) atoms. The van der Waals surface area contributed by atoms with Crippen LogP contribution in [0.5, 0.6) is 11.5 Å². The third kappa shape index (κ3) is 3.69. The number of carbonyl (C=O) groups is 1. The summed E-state index contributed by atoms with van der Waals surface area (Å²) < 4.78 is 11.5. The van der Waals surface area contributed by atoms with Gasteiger partial charge in [-0.1, -0.05) is 24.0 Å². The number of nitrogens with zero attached hydrogens (tertiary/aromatic N) is 1. The molecule has 7 heteroatoms. The van der Waals surface area contributed by atoms with E-state index < -0.39 is 0 Å². The van der Waals surface area contributed by atoms with E-state index >= 15 is 0 Å². The summed E-state index contributed by atoms with van der Waals surface area (Å²) >= 11 is 7.18. The Bertz CT molecular complexity index is 1100. The first-order chi connectivity index (χ1) is 16.0. The van der Waals surface area contributed by atoms with Crippen molar-refractivity contribution < 1.29 is 14.3 Å². The SMILES string of the molecule is COc1cc(OC)cc(-c2ccc(C=C3SC(=S)N(C4C5CC6CC(C5)CC4C6)C3=O)[nH]2)c1. The predicted molar refractivity (Wildman–Crippen MR) is 135 cm³/mol. The van der Waals surface area contributed by atoms with Gasteiger partial charge in [-0.2, -0.15) is 0 Å². The number of H-pyrrole nitrogens is 1. The molecule has 1 aromatic heterocycles. The lowest BCUT2D eigenvalue weighted by molar-refractivity contribution is -0.130. The number of methoxy groups -OCH3 is 2. The zero-order chi connectivity index (χ0) is 22.7. The summed E-state index contributed by atoms with van der Waals surface area (Å²) in [6, 6.07) is 10.1. The molecule has 4 saturated carbocycles. The lowest BCUT2D eigenvalue weighted by Gasteiger charge is -2.56. The molecule has 5 nitrogen and oxygen atoms in total. The molecular weight excluding hydrogens is 452 g/mol. The second-order valence-electron chi connectivity index (χ2n) is 9.90. The van der Waals surface area contributed by atoms with Gasteiger partial charge in [-0.15, -0.1) is 0 Å². The van der Waals surface area contributed by atoms with Crippen LogP contribution in [0.25, 0.3) is 17.3 Å². The van der Waals surface area contributed by atoms with E-state index in [1.807, 2.05) is 41.3 Å². The van der Waals surface area contributed by atoms with Crippen molar-refractivity contribution in [3.05, 3.63) is 40.9 Å². The normalized spacial score (nSPS) is 31.6. The number of aromatic amines is 1. The number of aromatic nitrogens is 1. The smallest absolute Gasteiger partial charge is 0.266 e. The molecule has 0 unspecified atom stereocenters. The molecule has 5 fully saturated rings. The van der Waals surface area contributed by atoms with Crippen LogP contribution in [0, 0.1) is 23.7 Å². The molecule has 4 bridgehead atoms. The van der Waals surface area contributed by atoms with Gasteiger partial charge in [-0.25, -0.2) is 0 Å². The quantitative estimate of drug-likeness (QED) is 0.438. The first-order valence-corrected chi connectivity index (χ1v) is 12.9. The van der Waals surface area contributed by atoms with Gasteiger partial charge in [0.1, 0.15) is 15.8 Å². The average Bonchev–Trinajstić information content (AvgIpc) is 3.38. The van der Waals surface area contributed by atoms with E-state index in [4.69, 9.17) is 21.7 Å². The van der Waals surface area contributed by atoms with E-state index in [1.54, 1.807) is 14.2 Å². The van der Waals surface area contributed by atoms with Crippen molar-refractivity contribution in [2.75, 3.05) is 14.2 Å². The number of thioether (sulfide) groups is 1. The number of ether oxygens (including phenoxy) is 2. The van der Waals surface area contributed by atoms with Gasteiger partial charge in [0.2, 0.25) is 0 Å². The molecule has 4 aliphatic carbocycles. The summed E-state index contributed by atoms with van der Waals surface area (Å²) in [7, 11) is 3.29. The fraction of sp³-hybridized carbons (Fsp3) is 0.462. The average molecular weight is 481 g/mol. The largest absolute Gasteiger partial charge is 0.497 e. The number of thiocarbonyl (C=S) groups is 1. The van der Waals surface area contributed by atoms with Gasteiger partial charge in [0.25, 0.3) is 5.91 Å². The summed E-state index contributed by atoms with van der Waals surface area (Å²) in [5.41, 5.74) is 2.79. The van der Waals surface area contributed by atoms with Crippen molar-refractivity contribution in [2.24, 2.45) is 23.7 Å². The number of rotatable bonds is 5. The maximum Gasteiger partial charge on any atom is 0.266 e. The molecule has 2 heterocycles. The monoisotopic (exact) mass is 480 g/mol. The number of carbonyl (C=O) groups excluding carboxylic acids is 1. The predicted octanol–water partition coefficient (Wildman–Crippen LogP) is 5.72. The zero-order valence-corrected chi connectivity index (χ0v) is 20.5. The van der Waals surface area contributed by atoms with E-state index in [2.05, 4.69) is 4.98 Å². The zero-order valence-electron chi connectivity index (χ0n) is 18.9. The van der Waals surface area contributed by atoms with Gasteiger partial charge in [0.15, 0.2) is 0 Å². The Morgan fingerprint density at radius 2 is 1.64 bits per heavy atom. The van der Waals surface area contributed by atoms with E-state index in [0.29, 0.717) is 22.8 Å². The van der Waals surface area contributed by atoms with Crippen LogP contribution < -0.4 is 9.47 Å². The van der Waals surface area contributed by atoms with Gasteiger partial charge in [-0.05, 0) is 86.1 Å². The second kappa shape index (κ2) is 8.20. The molecule has 1 aromatic carbocycles. The molecule has 1 saturated heterocycles. The number of hydrogen-bond acceptors (Lipinski definition) is 5. The molecule has 1 amide bonds. The highest BCUT2D eigenvalue weighted by atomic mass is 32.2. The molecule has 0 radical (unpaired) electrons. The van der Waals surface area contributed by atoms with Crippen LogP contribution in [0.4, 0.5) is 0 Å². The molecule has 5 aliphatic rings. The minimum Gasteiger partial charge on any atom is -0.497 e. The molecule has 0 spiro atoms. The summed E-state index contributed by atoms with van der Waals surface area (Å²) in [5.74, 6) is 4.57. The fourth-order valence-corrected chi connectivity index (χ4v) is 8.16. The highest BCUT2D eigenvalue weighted by Crippen LogP contribution is 2.56. The van der Waals surface area contributed by atoms with Crippen LogP contribution in [0.2, 0.25) is 0 Å². The molecule has 1 N–H and O–H groups in total. The van der Waals surface area contributed by atoms with Crippen LogP contribution in [-0.2, 0) is 4.79 Å². The van der Waals surface area contributed by atoms with Gasteiger partial charge < -0.3 is 14.5 Å². The van der Waals surface area contributed by atoms with Crippen molar-refractivity contribution in [2.45, 2.75) is 38.1 Å². The fourth-order valence-electron chi connectivity index (χ4n) is 6.82. The highest BCUT2D eigenvalue weighted by Gasteiger charge is 2.53. The van der Waals surface area contributed by atoms with Crippen molar-refractivity contribution in [1.29, 1.82) is 0 Å². The Kier molecular flexibility index (Phi) is 5.29. The van der Waals surface area contributed by atoms with Crippen LogP contribution in [-0.4, -0.2) is 40.4 Å². The lowest BCUT2D eigenvalue weighted by atomic mass is 9.54. The first kappa shape index (κ1) is 21.3. The lowest BCUT2D eigenvalue weighted by Crippen LogP contribution is -2.57. The van der Waals surface area contributed by atoms with Crippen LogP contribution in [0.15, 0.2) is 35.2 Å². The van der Waals surface area contributed by atoms with Crippen molar-refractivity contribution in [1.82, 2.24) is 9.88 Å². The molecule has 2 aromatic rings. The molecular formula is C26H28N2O3S2. The van der Waals surface area contributed by atoms with E-state index in [-0.39, 0.29) is 5.91 Å². The Labute approximate surface area is 203 Å². The van der Waals surface area contributed by atoms with Crippen LogP contribution in [0.3, 0.4) is 0 Å². The van der Waals surface area contributed by atoms with Crippen molar-refractivity contribution in [3.63, 3.8) is 0 Å². The Hall–Kier alpha value is -2.25. The molecule has 7 rings (SSSR count). The van der Waals surface area contributed by atoms with Gasteiger partial charge >= 0.3 is 0 Å². The van der Waals surface area contributed by atoms with Gasteiger partial charge in [0.05, 0.1) is 19.1 Å². The van der Waals surface area contributed by atoms with E-state index in [1.165, 1.54) is 43.9 Å². The van der Waals surface area contributed by atoms with E-state index in [9.17, 15) is 4.79 Å². The minimum absolute atomic E-state index is 0.0849. The molecule has 172 valence electrons. The van der Waals surface area contributed by atoms with E-state index in [0.717, 1.165) is 44.6 Å². The van der Waals surface area contributed by atoms with Crippen molar-refractivity contribution in [3.8, 4) is 22.8 Å². The topological polar surface area (TPSA) is 54.6 Å². The maximum atomic E-state index is 13.5. The number of amides is 1. The number of nitrogens with one attached hydrogen (secondary N) is 1. The Morgan fingerprint density at radius 3 is 2.24 bits per heavy atom. The second-order valence-corrected chi connectivity index (χ2v) is 11.6. The summed E-state index contributed by atoms with van der Waals surface area (Å²) in [6.45, 7) is 0. The standard InChI is InChI=1S/C26H28N2O3S2/c1-30-20-10-16(11-21(13-20)31-2)22-4-3-19(27-22)12-23-25(29)28(26(32)33-23)24-17-6-14-5-15(8-17)9-18(24)7-14/h3-4,10-15,17-18,24,27H,5-9H2,1-2H3. The van der Waals surface area contributed by atoms with Crippen molar-refractivity contribution >= 4 is 40.3 Å². The summed E-state index contributed by atoms with van der Waals surface area (Å²) in [4.78, 5) is 19.6. The third-order valence-corrected chi connectivity index (χ3v) is 9.29. The number of benzene rings is 1.